The average molecular weight is 332 g/mol. The molecule has 6 heteroatoms. The molecule has 0 spiro atoms. The summed E-state index contributed by atoms with van der Waals surface area (Å²) in [6.45, 7) is 4.84. The third kappa shape index (κ3) is 3.06. The number of anilines is 1. The maximum absolute atomic E-state index is 5.36. The summed E-state index contributed by atoms with van der Waals surface area (Å²) < 4.78 is 1.86. The van der Waals surface area contributed by atoms with Gasteiger partial charge in [0.15, 0.2) is 5.65 Å². The molecule has 3 heterocycles. The largest absolute Gasteiger partial charge is 0.353 e. The lowest BCUT2D eigenvalue weighted by molar-refractivity contribution is 0.263. The molecule has 6 nitrogen and oxygen atoms in total. The van der Waals surface area contributed by atoms with Crippen molar-refractivity contribution in [1.29, 1.82) is 0 Å². The number of nitrogens with zero attached hydrogens (tertiary/aromatic N) is 6. The Morgan fingerprint density at radius 3 is 2.60 bits per heavy atom. The summed E-state index contributed by atoms with van der Waals surface area (Å²) in [7, 11) is 0. The number of rotatable bonds is 4. The molecule has 3 aromatic rings. The van der Waals surface area contributed by atoms with Gasteiger partial charge in [-0.15, -0.1) is 12.3 Å². The highest BCUT2D eigenvalue weighted by Crippen LogP contribution is 2.25. The van der Waals surface area contributed by atoms with Crippen molar-refractivity contribution in [3.05, 3.63) is 42.9 Å². The van der Waals surface area contributed by atoms with Crippen LogP contribution in [0, 0.1) is 12.3 Å². The van der Waals surface area contributed by atoms with Crippen LogP contribution >= 0.6 is 0 Å². The molecular weight excluding hydrogens is 312 g/mol. The molecule has 126 valence electrons. The first kappa shape index (κ1) is 15.6. The molecule has 0 unspecified atom stereocenters. The maximum Gasteiger partial charge on any atom is 0.168 e. The predicted molar refractivity (Wildman–Crippen MR) is 98.8 cm³/mol. The van der Waals surface area contributed by atoms with Crippen LogP contribution in [-0.2, 0) is 0 Å². The van der Waals surface area contributed by atoms with E-state index in [-0.39, 0.29) is 0 Å². The summed E-state index contributed by atoms with van der Waals surface area (Å²) in [5, 5.41) is 5.52. The lowest BCUT2D eigenvalue weighted by Crippen LogP contribution is -2.46. The number of fused-ring (bicyclic) bond motifs is 1. The molecule has 0 bridgehead atoms. The summed E-state index contributed by atoms with van der Waals surface area (Å²) in [6, 6.07) is 10.0. The van der Waals surface area contributed by atoms with Crippen LogP contribution < -0.4 is 4.90 Å². The first-order valence-corrected chi connectivity index (χ1v) is 8.52. The summed E-state index contributed by atoms with van der Waals surface area (Å²) >= 11 is 0. The highest BCUT2D eigenvalue weighted by Gasteiger charge is 2.21. The molecule has 25 heavy (non-hydrogen) atoms. The Balaban J connectivity index is 1.60. The van der Waals surface area contributed by atoms with Crippen molar-refractivity contribution >= 4 is 16.9 Å². The molecule has 0 saturated carbocycles. The number of aromatic nitrogens is 4. The van der Waals surface area contributed by atoms with E-state index in [1.54, 1.807) is 6.33 Å². The minimum absolute atomic E-state index is 0.807. The Morgan fingerprint density at radius 2 is 1.84 bits per heavy atom. The fourth-order valence-electron chi connectivity index (χ4n) is 3.25. The van der Waals surface area contributed by atoms with Gasteiger partial charge in [-0.2, -0.15) is 5.10 Å². The molecule has 0 aliphatic carbocycles. The van der Waals surface area contributed by atoms with Crippen LogP contribution in [0.25, 0.3) is 16.7 Å². The molecule has 0 amide bonds. The number of hydrogen-bond donors (Lipinski definition) is 0. The van der Waals surface area contributed by atoms with E-state index in [1.807, 2.05) is 41.2 Å². The molecule has 4 rings (SSSR count). The normalized spacial score (nSPS) is 15.4. The lowest BCUT2D eigenvalue weighted by atomic mass is 10.2. The molecule has 1 aliphatic rings. The van der Waals surface area contributed by atoms with Gasteiger partial charge in [-0.05, 0) is 12.1 Å². The molecular formula is C19H20N6. The molecule has 2 aromatic heterocycles. The van der Waals surface area contributed by atoms with Gasteiger partial charge in [0.1, 0.15) is 12.1 Å². The van der Waals surface area contributed by atoms with Gasteiger partial charge in [-0.1, -0.05) is 18.2 Å². The fraction of sp³-hybridized carbons (Fsp3) is 0.316. The van der Waals surface area contributed by atoms with Crippen molar-refractivity contribution in [3.8, 4) is 18.0 Å². The van der Waals surface area contributed by atoms with Crippen LogP contribution in [0.1, 0.15) is 6.42 Å². The van der Waals surface area contributed by atoms with E-state index in [0.717, 1.165) is 61.7 Å². The number of hydrogen-bond acceptors (Lipinski definition) is 5. The zero-order valence-corrected chi connectivity index (χ0v) is 14.0. The monoisotopic (exact) mass is 332 g/mol. The number of para-hydroxylation sites is 1. The SMILES string of the molecule is C#CCCN1CCN(c2ncnc3c2cnn3-c2ccccc2)CC1. The quantitative estimate of drug-likeness (QED) is 0.684. The Bertz CT molecular complexity index is 887. The zero-order chi connectivity index (χ0) is 17.1. The van der Waals surface area contributed by atoms with Gasteiger partial charge in [0, 0.05) is 39.1 Å². The van der Waals surface area contributed by atoms with E-state index in [1.165, 1.54) is 0 Å². The van der Waals surface area contributed by atoms with Crippen LogP contribution in [-0.4, -0.2) is 57.4 Å². The van der Waals surface area contributed by atoms with Crippen LogP contribution in [0.15, 0.2) is 42.9 Å². The van der Waals surface area contributed by atoms with Gasteiger partial charge in [0.25, 0.3) is 0 Å². The highest BCUT2D eigenvalue weighted by atomic mass is 15.3. The fourth-order valence-corrected chi connectivity index (χ4v) is 3.25. The van der Waals surface area contributed by atoms with Crippen molar-refractivity contribution in [3.63, 3.8) is 0 Å². The molecule has 1 aliphatic heterocycles. The Hall–Kier alpha value is -2.91. The van der Waals surface area contributed by atoms with Crippen LogP contribution in [0.3, 0.4) is 0 Å². The van der Waals surface area contributed by atoms with Crippen molar-refractivity contribution in [2.75, 3.05) is 37.6 Å². The summed E-state index contributed by atoms with van der Waals surface area (Å²) in [5.74, 6) is 3.68. The van der Waals surface area contributed by atoms with Crippen molar-refractivity contribution in [2.45, 2.75) is 6.42 Å². The third-order valence-electron chi connectivity index (χ3n) is 4.59. The van der Waals surface area contributed by atoms with Crippen LogP contribution in [0.4, 0.5) is 5.82 Å². The summed E-state index contributed by atoms with van der Waals surface area (Å²) in [6.07, 6.45) is 9.66. The first-order valence-electron chi connectivity index (χ1n) is 8.52. The second-order valence-corrected chi connectivity index (χ2v) is 6.11. The molecule has 1 fully saturated rings. The Morgan fingerprint density at radius 1 is 1.04 bits per heavy atom. The standard InChI is InChI=1S/C19H20N6/c1-2-3-9-23-10-12-24(13-11-23)18-17-14-22-25(19(17)21-15-20-18)16-7-5-4-6-8-16/h1,4-8,14-15H,3,9-13H2. The molecule has 0 N–H and O–H groups in total. The zero-order valence-electron chi connectivity index (χ0n) is 14.0. The van der Waals surface area contributed by atoms with Crippen molar-refractivity contribution in [2.24, 2.45) is 0 Å². The molecule has 0 radical (unpaired) electrons. The molecule has 1 saturated heterocycles. The van der Waals surface area contributed by atoms with Gasteiger partial charge < -0.3 is 4.90 Å². The second kappa shape index (κ2) is 6.91. The average Bonchev–Trinajstić information content (AvgIpc) is 3.12. The Labute approximate surface area is 147 Å². The number of benzene rings is 1. The predicted octanol–water partition coefficient (Wildman–Crippen LogP) is 1.96. The van der Waals surface area contributed by atoms with Crippen molar-refractivity contribution < 1.29 is 0 Å². The van der Waals surface area contributed by atoms with Gasteiger partial charge in [0.05, 0.1) is 17.3 Å². The second-order valence-electron chi connectivity index (χ2n) is 6.11. The minimum atomic E-state index is 0.807. The van der Waals surface area contributed by atoms with E-state index in [2.05, 4.69) is 30.8 Å². The number of terminal acetylenes is 1. The van der Waals surface area contributed by atoms with E-state index < -0.39 is 0 Å². The van der Waals surface area contributed by atoms with Gasteiger partial charge in [-0.3, -0.25) is 4.90 Å². The van der Waals surface area contributed by atoms with E-state index in [4.69, 9.17) is 6.42 Å². The van der Waals surface area contributed by atoms with Crippen molar-refractivity contribution in [1.82, 2.24) is 24.6 Å². The van der Waals surface area contributed by atoms with Crippen LogP contribution in [0.5, 0.6) is 0 Å². The van der Waals surface area contributed by atoms with Gasteiger partial charge >= 0.3 is 0 Å². The highest BCUT2D eigenvalue weighted by molar-refractivity contribution is 5.87. The van der Waals surface area contributed by atoms with Crippen LogP contribution in [0.2, 0.25) is 0 Å². The first-order chi connectivity index (χ1) is 12.4. The van der Waals surface area contributed by atoms with Gasteiger partial charge in [0.2, 0.25) is 0 Å². The van der Waals surface area contributed by atoms with E-state index in [0.29, 0.717) is 0 Å². The summed E-state index contributed by atoms with van der Waals surface area (Å²) in [5.41, 5.74) is 1.84. The topological polar surface area (TPSA) is 50.1 Å². The summed E-state index contributed by atoms with van der Waals surface area (Å²) in [4.78, 5) is 13.7. The number of piperazine rings is 1. The maximum atomic E-state index is 5.36. The lowest BCUT2D eigenvalue weighted by Gasteiger charge is -2.35. The minimum Gasteiger partial charge on any atom is -0.353 e. The van der Waals surface area contributed by atoms with E-state index >= 15 is 0 Å². The Kier molecular flexibility index (Phi) is 4.32. The van der Waals surface area contributed by atoms with E-state index in [9.17, 15) is 0 Å². The molecule has 0 atom stereocenters. The molecule has 1 aromatic carbocycles. The third-order valence-corrected chi connectivity index (χ3v) is 4.59. The smallest absolute Gasteiger partial charge is 0.168 e. The van der Waals surface area contributed by atoms with Gasteiger partial charge in [-0.25, -0.2) is 14.6 Å².